The lowest BCUT2D eigenvalue weighted by molar-refractivity contribution is -0.118. The van der Waals surface area contributed by atoms with Crippen molar-refractivity contribution in [2.45, 2.75) is 25.7 Å². The van der Waals surface area contributed by atoms with Crippen LogP contribution in [0.5, 0.6) is 11.5 Å². The van der Waals surface area contributed by atoms with Gasteiger partial charge in [0.2, 0.25) is 5.91 Å². The van der Waals surface area contributed by atoms with Crippen molar-refractivity contribution in [3.63, 3.8) is 0 Å². The molecule has 1 aliphatic rings. The summed E-state index contributed by atoms with van der Waals surface area (Å²) in [5.74, 6) is 1.10. The second kappa shape index (κ2) is 8.38. The number of unbranched alkanes of at least 4 members (excludes halogenated alkanes) is 1. The molecule has 0 unspecified atom stereocenters. The predicted molar refractivity (Wildman–Crippen MR) is 99.7 cm³/mol. The average molecular weight is 354 g/mol. The second-order valence-electron chi connectivity index (χ2n) is 6.12. The zero-order valence-electron chi connectivity index (χ0n) is 14.7. The average Bonchev–Trinajstić information content (AvgIpc) is 2.65. The molecule has 2 N–H and O–H groups in total. The number of nitrogens with one attached hydrogen (secondary N) is 2. The molecule has 0 radical (unpaired) electrons. The van der Waals surface area contributed by atoms with Crippen LogP contribution in [0.4, 0.5) is 11.4 Å². The monoisotopic (exact) mass is 354 g/mol. The first-order valence-corrected chi connectivity index (χ1v) is 8.64. The van der Waals surface area contributed by atoms with Crippen LogP contribution in [0.2, 0.25) is 0 Å². The Morgan fingerprint density at radius 3 is 2.77 bits per heavy atom. The Morgan fingerprint density at radius 1 is 1.19 bits per heavy atom. The Balaban J connectivity index is 1.46. The maximum atomic E-state index is 12.2. The zero-order chi connectivity index (χ0) is 18.4. The summed E-state index contributed by atoms with van der Waals surface area (Å²) in [6, 6.07) is 13.3. The third-order valence-electron chi connectivity index (χ3n) is 4.19. The summed E-state index contributed by atoms with van der Waals surface area (Å²) in [4.78, 5) is 23.5. The Hall–Kier alpha value is -3.02. The van der Waals surface area contributed by atoms with Crippen LogP contribution in [0.25, 0.3) is 0 Å². The highest BCUT2D eigenvalue weighted by molar-refractivity contribution is 5.99. The van der Waals surface area contributed by atoms with Crippen LogP contribution in [-0.2, 0) is 16.0 Å². The molecule has 6 nitrogen and oxygen atoms in total. The van der Waals surface area contributed by atoms with Crippen molar-refractivity contribution in [2.24, 2.45) is 0 Å². The van der Waals surface area contributed by atoms with E-state index in [-0.39, 0.29) is 18.4 Å². The third kappa shape index (κ3) is 4.53. The number of aryl methyl sites for hydroxylation is 1. The van der Waals surface area contributed by atoms with Crippen molar-refractivity contribution < 1.29 is 19.1 Å². The molecule has 2 aromatic carbocycles. The van der Waals surface area contributed by atoms with Gasteiger partial charge in [0.05, 0.1) is 18.5 Å². The van der Waals surface area contributed by atoms with Gasteiger partial charge in [-0.05, 0) is 49.1 Å². The van der Waals surface area contributed by atoms with Crippen LogP contribution >= 0.6 is 0 Å². The van der Waals surface area contributed by atoms with Crippen LogP contribution in [0.1, 0.15) is 24.8 Å². The lowest BCUT2D eigenvalue weighted by Gasteiger charge is -2.20. The summed E-state index contributed by atoms with van der Waals surface area (Å²) < 4.78 is 10.6. The normalized spacial score (nSPS) is 12.6. The van der Waals surface area contributed by atoms with Gasteiger partial charge in [0.1, 0.15) is 5.75 Å². The first-order chi connectivity index (χ1) is 12.7. The number of para-hydroxylation sites is 1. The molecule has 6 heteroatoms. The maximum absolute atomic E-state index is 12.2. The molecule has 2 amide bonds. The fourth-order valence-electron chi connectivity index (χ4n) is 2.83. The van der Waals surface area contributed by atoms with E-state index in [0.29, 0.717) is 23.5 Å². The number of amides is 2. The molecule has 0 saturated heterocycles. The molecule has 1 heterocycles. The number of carbonyl (C=O) groups excluding carboxylic acids is 2. The molecule has 0 saturated carbocycles. The number of anilines is 2. The Bertz CT molecular complexity index is 787. The summed E-state index contributed by atoms with van der Waals surface area (Å²) >= 11 is 0. The van der Waals surface area contributed by atoms with Crippen molar-refractivity contribution in [1.82, 2.24) is 0 Å². The Kier molecular flexibility index (Phi) is 5.73. The summed E-state index contributed by atoms with van der Waals surface area (Å²) in [6.07, 6.45) is 3.09. The van der Waals surface area contributed by atoms with E-state index < -0.39 is 0 Å². The molecule has 3 rings (SSSR count). The maximum Gasteiger partial charge on any atom is 0.262 e. The molecule has 0 atom stereocenters. The van der Waals surface area contributed by atoms with Crippen LogP contribution in [0.15, 0.2) is 42.5 Å². The van der Waals surface area contributed by atoms with Gasteiger partial charge >= 0.3 is 0 Å². The number of hydrogen-bond acceptors (Lipinski definition) is 4. The van der Waals surface area contributed by atoms with Gasteiger partial charge in [0.25, 0.3) is 5.91 Å². The summed E-state index contributed by atoms with van der Waals surface area (Å²) in [7, 11) is 1.65. The van der Waals surface area contributed by atoms with E-state index in [2.05, 4.69) is 10.6 Å². The van der Waals surface area contributed by atoms with E-state index in [1.165, 1.54) is 5.56 Å². The highest BCUT2D eigenvalue weighted by Gasteiger charge is 2.19. The number of ether oxygens (including phenoxy) is 2. The van der Waals surface area contributed by atoms with E-state index in [0.717, 1.165) is 25.0 Å². The van der Waals surface area contributed by atoms with Crippen molar-refractivity contribution in [2.75, 3.05) is 24.4 Å². The highest BCUT2D eigenvalue weighted by Crippen LogP contribution is 2.35. The lowest BCUT2D eigenvalue weighted by Crippen LogP contribution is -2.26. The minimum atomic E-state index is -0.195. The van der Waals surface area contributed by atoms with Crippen LogP contribution in [0, 0.1) is 0 Å². The van der Waals surface area contributed by atoms with Gasteiger partial charge in [-0.2, -0.15) is 0 Å². The Morgan fingerprint density at radius 2 is 2.00 bits per heavy atom. The number of fused-ring (bicyclic) bond motifs is 1. The van der Waals surface area contributed by atoms with E-state index in [4.69, 9.17) is 9.47 Å². The molecule has 0 bridgehead atoms. The summed E-state index contributed by atoms with van der Waals surface area (Å²) in [5.41, 5.74) is 2.40. The zero-order valence-corrected chi connectivity index (χ0v) is 14.7. The third-order valence-corrected chi connectivity index (χ3v) is 4.19. The van der Waals surface area contributed by atoms with Crippen LogP contribution in [0.3, 0.4) is 0 Å². The van der Waals surface area contributed by atoms with Crippen LogP contribution < -0.4 is 20.1 Å². The number of carbonyl (C=O) groups is 2. The summed E-state index contributed by atoms with van der Waals surface area (Å²) in [5, 5.41) is 5.59. The molecular formula is C20H22N2O4. The predicted octanol–water partition coefficient (Wildman–Crippen LogP) is 3.38. The second-order valence-corrected chi connectivity index (χ2v) is 6.12. The molecule has 136 valence electrons. The molecular weight excluding hydrogens is 332 g/mol. The topological polar surface area (TPSA) is 76.7 Å². The Labute approximate surface area is 152 Å². The smallest absolute Gasteiger partial charge is 0.262 e. The van der Waals surface area contributed by atoms with Gasteiger partial charge in [-0.3, -0.25) is 9.59 Å². The van der Waals surface area contributed by atoms with Gasteiger partial charge in [0, 0.05) is 6.42 Å². The molecule has 0 fully saturated rings. The van der Waals surface area contributed by atoms with Crippen molar-refractivity contribution in [1.29, 1.82) is 0 Å². The van der Waals surface area contributed by atoms with Gasteiger partial charge in [-0.25, -0.2) is 0 Å². The molecule has 1 aliphatic heterocycles. The summed E-state index contributed by atoms with van der Waals surface area (Å²) in [6.45, 7) is -0.0399. The molecule has 0 spiro atoms. The van der Waals surface area contributed by atoms with E-state index in [1.807, 2.05) is 24.3 Å². The van der Waals surface area contributed by atoms with Crippen molar-refractivity contribution in [3.05, 3.63) is 48.0 Å². The number of hydrogen-bond donors (Lipinski definition) is 2. The largest absolute Gasteiger partial charge is 0.497 e. The van der Waals surface area contributed by atoms with Gasteiger partial charge in [-0.15, -0.1) is 0 Å². The first-order valence-electron chi connectivity index (χ1n) is 8.64. The molecule has 0 aliphatic carbocycles. The van der Waals surface area contributed by atoms with Crippen molar-refractivity contribution in [3.8, 4) is 11.5 Å². The lowest BCUT2D eigenvalue weighted by atomic mass is 10.1. The quantitative estimate of drug-likeness (QED) is 0.748. The van der Waals surface area contributed by atoms with E-state index in [9.17, 15) is 9.59 Å². The van der Waals surface area contributed by atoms with Gasteiger partial charge in [-0.1, -0.05) is 18.2 Å². The first kappa shape index (κ1) is 17.8. The number of benzene rings is 2. The molecule has 26 heavy (non-hydrogen) atoms. The number of methoxy groups -OCH3 is 1. The minimum absolute atomic E-state index is 0.0399. The fourth-order valence-corrected chi connectivity index (χ4v) is 2.83. The standard InChI is InChI=1S/C20H22N2O4/c1-25-15-11-9-14(10-12-15)5-2-3-8-18(23)21-16-6-4-7-17-20(16)26-13-19(24)22-17/h4,6-7,9-12H,2-3,5,8,13H2,1H3,(H,21,23)(H,22,24). The van der Waals surface area contributed by atoms with Gasteiger partial charge < -0.3 is 20.1 Å². The number of rotatable bonds is 7. The SMILES string of the molecule is COc1ccc(CCCCC(=O)Nc2cccc3c2OCC(=O)N3)cc1. The van der Waals surface area contributed by atoms with Crippen LogP contribution in [-0.4, -0.2) is 25.5 Å². The van der Waals surface area contributed by atoms with Gasteiger partial charge in [0.15, 0.2) is 12.4 Å². The highest BCUT2D eigenvalue weighted by atomic mass is 16.5. The van der Waals surface area contributed by atoms with Crippen molar-refractivity contribution >= 4 is 23.2 Å². The molecule has 0 aromatic heterocycles. The molecule has 2 aromatic rings. The van der Waals surface area contributed by atoms with E-state index >= 15 is 0 Å². The van der Waals surface area contributed by atoms with E-state index in [1.54, 1.807) is 25.3 Å². The fraction of sp³-hybridized carbons (Fsp3) is 0.300. The minimum Gasteiger partial charge on any atom is -0.497 e.